The summed E-state index contributed by atoms with van der Waals surface area (Å²) in [4.78, 5) is 119. The Kier molecular flexibility index (Phi) is 31.4. The van der Waals surface area contributed by atoms with E-state index in [4.69, 9.17) is 39.4 Å². The molecule has 149 heavy (non-hydrogen) atoms. The summed E-state index contributed by atoms with van der Waals surface area (Å²) in [6.07, 6.45) is 18.9. The Labute approximate surface area is 879 Å². The number of carbonyl (C=O) groups is 5. The number of hydrogen-bond acceptors (Lipinski definition) is 29. The number of amides is 5. The van der Waals surface area contributed by atoms with Crippen molar-refractivity contribution in [3.63, 3.8) is 0 Å². The summed E-state index contributed by atoms with van der Waals surface area (Å²) in [5.74, 6) is 2.07. The van der Waals surface area contributed by atoms with Crippen molar-refractivity contribution in [2.45, 2.75) is 324 Å². The van der Waals surface area contributed by atoms with Crippen LogP contribution in [0.5, 0.6) is 0 Å². The van der Waals surface area contributed by atoms with Gasteiger partial charge in [-0.15, -0.1) is 0 Å². The molecule has 37 heteroatoms. The van der Waals surface area contributed by atoms with E-state index in [0.717, 1.165) is 141 Å². The quantitative estimate of drug-likeness (QED) is 0.0813. The van der Waals surface area contributed by atoms with E-state index in [2.05, 4.69) is 199 Å². The second-order valence-electron chi connectivity index (χ2n) is 48.3. The standard InChI is InChI=1S/C39H53N7O5S.C39H51N7O5S.C34H45N7O3S/c2*1-37(2,3)31-15-13-28-34(42-31)46-24-25(23-39(46,7)8)12-14-29(41-32-10-9-11-33(43-32)52(49,50)44-35(28)47)30-22-27(16-19-40-30)26-17-20-45(21-18-26)36(48)51-38(4,5)6;1-33(2,3)28-12-10-25-31(38-28)41-21-22(20-34(41,4)5)9-11-26(27-19-24(15-18-36-27)23-13-16-35-17-14-23)37-29-7-6-8-30(39-29)45(43,44)40-32(25)42/h9-11,13,15-16,19,22,25-26,29H,12,14,17-18,20-21,23-24H2,1-8H3,(H,41,43)(H,44,47);9-11,13,15-17,19,22,25,29H,12,14,18,20-21,23-24H2,1-8H3,(H,41,43)(H,44,47);6-8,10,12,15,18-19,22-23,26,35H,9,11,13-14,16-17,20-21H2,1-5H3,(H,37,39)(H,40,42)/t2*25-,29?;22-,26?/m000/s1. The fraction of sp³-hybridized carbons (Fsp3) is 0.536. The topological polar surface area (TPSA) is 423 Å². The third-order valence-electron chi connectivity index (χ3n) is 29.7. The number of carbonyl (C=O) groups excluding carboxylic acids is 5. The lowest BCUT2D eigenvalue weighted by molar-refractivity contribution is 0.0202. The fourth-order valence-corrected chi connectivity index (χ4v) is 24.6. The van der Waals surface area contributed by atoms with Gasteiger partial charge in [-0.3, -0.25) is 29.3 Å². The van der Waals surface area contributed by atoms with Gasteiger partial charge in [0, 0.05) is 114 Å². The lowest BCUT2D eigenvalue weighted by Gasteiger charge is -2.34. The normalized spacial score (nSPS) is 22.6. The van der Waals surface area contributed by atoms with Crippen LogP contribution < -0.4 is 50.1 Å². The Hall–Kier alpha value is -12.4. The zero-order valence-corrected chi connectivity index (χ0v) is 92.6. The van der Waals surface area contributed by atoms with Crippen LogP contribution in [0, 0.1) is 17.8 Å². The summed E-state index contributed by atoms with van der Waals surface area (Å²) < 4.78 is 99.6. The van der Waals surface area contributed by atoms with Gasteiger partial charge in [0.1, 0.15) is 46.1 Å². The number of nitrogens with one attached hydrogen (secondary N) is 7. The molecule has 9 aliphatic rings. The van der Waals surface area contributed by atoms with Crippen LogP contribution in [0.1, 0.15) is 347 Å². The first-order valence-electron chi connectivity index (χ1n) is 52.4. The number of pyridine rings is 9. The van der Waals surface area contributed by atoms with Crippen molar-refractivity contribution >= 4 is 100 Å². The van der Waals surface area contributed by atoms with Gasteiger partial charge in [0.25, 0.3) is 47.8 Å². The van der Waals surface area contributed by atoms with Crippen molar-refractivity contribution in [3.8, 4) is 0 Å². The molecule has 3 unspecified atom stereocenters. The fourth-order valence-electron chi connectivity index (χ4n) is 21.8. The van der Waals surface area contributed by atoms with Crippen molar-refractivity contribution < 1.29 is 58.7 Å². The number of aromatic nitrogens is 9. The van der Waals surface area contributed by atoms with Crippen molar-refractivity contribution in [2.24, 2.45) is 17.8 Å². The van der Waals surface area contributed by atoms with Crippen molar-refractivity contribution in [1.82, 2.24) is 74.1 Å². The van der Waals surface area contributed by atoms with Gasteiger partial charge in [-0.1, -0.05) is 86.6 Å². The van der Waals surface area contributed by atoms with Crippen LogP contribution in [0.2, 0.25) is 0 Å². The average molecular weight is 2090 g/mol. The molecule has 9 aromatic heterocycles. The molecule has 7 N–H and O–H groups in total. The van der Waals surface area contributed by atoms with E-state index >= 15 is 0 Å². The lowest BCUT2D eigenvalue weighted by Crippen LogP contribution is -2.41. The number of ether oxygens (including phenoxy) is 2. The first-order valence-corrected chi connectivity index (χ1v) is 56.9. The van der Waals surface area contributed by atoms with Gasteiger partial charge in [0.05, 0.1) is 51.9 Å². The summed E-state index contributed by atoms with van der Waals surface area (Å²) >= 11 is 0. The van der Waals surface area contributed by atoms with Gasteiger partial charge in [0.2, 0.25) is 0 Å². The van der Waals surface area contributed by atoms with E-state index in [-0.39, 0.29) is 113 Å². The number of nitrogens with zero attached hydrogens (tertiary/aromatic N) is 14. The highest BCUT2D eigenvalue weighted by Crippen LogP contribution is 2.48. The highest BCUT2D eigenvalue weighted by molar-refractivity contribution is 7.90. The molecule has 0 aliphatic carbocycles. The predicted octanol–water partition coefficient (Wildman–Crippen LogP) is 19.1. The molecular formula is C112H149N21O13S3. The molecule has 34 nitrogen and oxygen atoms in total. The number of fused-ring (bicyclic) bond motifs is 18. The molecule has 9 aromatic rings. The van der Waals surface area contributed by atoms with Crippen molar-refractivity contribution in [3.05, 3.63) is 220 Å². The smallest absolute Gasteiger partial charge is 0.410 e. The Balaban J connectivity index is 0.000000160. The number of anilines is 6. The first kappa shape index (κ1) is 109. The molecule has 18 heterocycles. The van der Waals surface area contributed by atoms with Gasteiger partial charge in [-0.2, -0.15) is 25.3 Å². The lowest BCUT2D eigenvalue weighted by atomic mass is 9.88. The van der Waals surface area contributed by atoms with E-state index in [9.17, 15) is 49.2 Å². The number of hydrogen-bond donors (Lipinski definition) is 7. The summed E-state index contributed by atoms with van der Waals surface area (Å²) in [6.45, 7) is 49.1. The van der Waals surface area contributed by atoms with E-state index < -0.39 is 59.0 Å². The van der Waals surface area contributed by atoms with Crippen molar-refractivity contribution in [2.75, 3.05) is 89.6 Å². The van der Waals surface area contributed by atoms with Crippen molar-refractivity contribution in [1.29, 1.82) is 0 Å². The van der Waals surface area contributed by atoms with Gasteiger partial charge >= 0.3 is 12.2 Å². The van der Waals surface area contributed by atoms with Crippen LogP contribution >= 0.6 is 0 Å². The second kappa shape index (κ2) is 42.8. The van der Waals surface area contributed by atoms with Crippen LogP contribution in [-0.2, 0) is 55.8 Å². The maximum atomic E-state index is 13.8. The summed E-state index contributed by atoms with van der Waals surface area (Å²) in [5, 5.41) is 13.2. The van der Waals surface area contributed by atoms with Crippen LogP contribution in [-0.4, -0.2) is 197 Å². The van der Waals surface area contributed by atoms with E-state index in [1.54, 1.807) is 82.7 Å². The molecule has 5 amide bonds. The number of likely N-dealkylation sites (tertiary alicyclic amines) is 1. The minimum absolute atomic E-state index is 0.174. The van der Waals surface area contributed by atoms with E-state index in [1.807, 2.05) is 72.1 Å². The second-order valence-corrected chi connectivity index (χ2v) is 53.2. The molecule has 0 aromatic carbocycles. The molecule has 798 valence electrons. The maximum absolute atomic E-state index is 13.8. The molecule has 0 radical (unpaired) electrons. The summed E-state index contributed by atoms with van der Waals surface area (Å²) in [6, 6.07) is 36.6. The minimum atomic E-state index is -4.33. The van der Waals surface area contributed by atoms with Crippen LogP contribution in [0.4, 0.5) is 44.5 Å². The molecule has 6 atom stereocenters. The average Bonchev–Trinajstić information content (AvgIpc) is 1.69. The predicted molar refractivity (Wildman–Crippen MR) is 579 cm³/mol. The van der Waals surface area contributed by atoms with Crippen LogP contribution in [0.3, 0.4) is 0 Å². The van der Waals surface area contributed by atoms with Crippen LogP contribution in [0.25, 0.3) is 5.57 Å². The molecule has 9 aliphatic heterocycles. The monoisotopic (exact) mass is 2090 g/mol. The van der Waals surface area contributed by atoms with Gasteiger partial charge in [-0.05, 0) is 347 Å². The number of sulfonamides is 3. The minimum Gasteiger partial charge on any atom is -0.444 e. The zero-order chi connectivity index (χ0) is 107. The zero-order valence-electron chi connectivity index (χ0n) is 90.1. The first-order chi connectivity index (χ1) is 69.9. The Morgan fingerprint density at radius 3 is 1.05 bits per heavy atom. The van der Waals surface area contributed by atoms with Gasteiger partial charge < -0.3 is 55.2 Å². The highest BCUT2D eigenvalue weighted by atomic mass is 32.2. The Bertz CT molecular complexity index is 6890. The molecule has 0 saturated carbocycles. The summed E-state index contributed by atoms with van der Waals surface area (Å²) in [5.41, 5.74) is 7.41. The molecule has 5 saturated heterocycles. The Morgan fingerprint density at radius 2 is 0.718 bits per heavy atom. The molecule has 12 bridgehead atoms. The maximum Gasteiger partial charge on any atom is 0.410 e. The SMILES string of the molecule is CC(C)(C)OC(=O)N1CC=C(c2ccnc(C3CC[C@@H]4CN(c5nc(C(C)(C)C)ccc5C(=O)NS(=O)(=O)c5cccc(n5)N3)C(C)(C)C4)c2)CC1.CC(C)(C)OC(=O)N1CCC(c2ccnc(C3CC[C@@H]4CN(c5nc(C(C)(C)C)ccc5C(=O)NS(=O)(=O)c5cccc(n5)N3)C(C)(C)C4)c2)CC1.CC(C)(C)c1ccc2c(n1)N1C[C@@H](CCC(c3cc(C4CCNCC4)ccn3)Nc3cccc(n3)S(=O)(=O)NC2=O)CC1(C)C. The third-order valence-corrected chi connectivity index (χ3v) is 33.4. The highest BCUT2D eigenvalue weighted by Gasteiger charge is 2.47. The summed E-state index contributed by atoms with van der Waals surface area (Å²) in [7, 11) is -12.9. The molecular weight excluding hydrogens is 1940 g/mol. The third kappa shape index (κ3) is 26.3. The Morgan fingerprint density at radius 1 is 0.383 bits per heavy atom. The molecule has 0 spiro atoms. The largest absolute Gasteiger partial charge is 0.444 e. The van der Waals surface area contributed by atoms with Gasteiger partial charge in [-0.25, -0.2) is 53.7 Å². The van der Waals surface area contributed by atoms with Gasteiger partial charge in [0.15, 0.2) is 15.1 Å². The van der Waals surface area contributed by atoms with Crippen LogP contribution in [0.15, 0.2) is 167 Å². The molecule has 18 rings (SSSR count). The number of rotatable bonds is 6. The number of piperidine rings is 2. The molecule has 5 fully saturated rings. The van der Waals surface area contributed by atoms with E-state index in [1.165, 1.54) is 23.8 Å². The van der Waals surface area contributed by atoms with E-state index in [0.29, 0.717) is 105 Å².